The van der Waals surface area contributed by atoms with Crippen molar-refractivity contribution in [2.24, 2.45) is 5.92 Å². The SMILES string of the molecule is CCOc1ccccc1/C=C/c1onc(C)c1S(=O)(=O)N1CCC(C(=O)NC2CCCCCC2)CC1. The van der Waals surface area contributed by atoms with Gasteiger partial charge in [-0.05, 0) is 57.7 Å². The highest BCUT2D eigenvalue weighted by Crippen LogP contribution is 2.30. The Balaban J connectivity index is 1.43. The molecule has 36 heavy (non-hydrogen) atoms. The van der Waals surface area contributed by atoms with Crippen LogP contribution in [0.25, 0.3) is 12.2 Å². The maximum Gasteiger partial charge on any atom is 0.248 e. The number of aryl methyl sites for hydroxylation is 1. The van der Waals surface area contributed by atoms with Crippen molar-refractivity contribution in [3.63, 3.8) is 0 Å². The lowest BCUT2D eigenvalue weighted by Crippen LogP contribution is -2.45. The molecule has 2 aliphatic rings. The van der Waals surface area contributed by atoms with Crippen molar-refractivity contribution < 1.29 is 22.5 Å². The highest BCUT2D eigenvalue weighted by molar-refractivity contribution is 7.89. The van der Waals surface area contributed by atoms with Gasteiger partial charge in [0.15, 0.2) is 10.7 Å². The van der Waals surface area contributed by atoms with Gasteiger partial charge in [-0.2, -0.15) is 4.31 Å². The fourth-order valence-electron chi connectivity index (χ4n) is 5.10. The van der Waals surface area contributed by atoms with Crippen LogP contribution in [0.5, 0.6) is 5.75 Å². The Labute approximate surface area is 214 Å². The number of sulfonamides is 1. The first-order valence-corrected chi connectivity index (χ1v) is 14.5. The average molecular weight is 516 g/mol. The summed E-state index contributed by atoms with van der Waals surface area (Å²) in [7, 11) is -3.82. The number of ether oxygens (including phenoxy) is 1. The number of nitrogens with one attached hydrogen (secondary N) is 1. The van der Waals surface area contributed by atoms with E-state index in [-0.39, 0.29) is 28.5 Å². The molecule has 0 bridgehead atoms. The Kier molecular flexibility index (Phi) is 8.85. The zero-order valence-electron chi connectivity index (χ0n) is 21.2. The largest absolute Gasteiger partial charge is 0.493 e. The summed E-state index contributed by atoms with van der Waals surface area (Å²) in [6.07, 6.45) is 11.3. The molecule has 4 rings (SSSR count). The average Bonchev–Trinajstić information content (AvgIpc) is 3.07. The molecule has 1 saturated heterocycles. The minimum Gasteiger partial charge on any atom is -0.493 e. The molecule has 1 saturated carbocycles. The van der Waals surface area contributed by atoms with Crippen LogP contribution in [0.1, 0.15) is 75.3 Å². The molecule has 1 aliphatic heterocycles. The molecule has 9 heteroatoms. The van der Waals surface area contributed by atoms with Crippen LogP contribution < -0.4 is 10.1 Å². The predicted octanol–water partition coefficient (Wildman–Crippen LogP) is 4.79. The molecule has 2 fully saturated rings. The van der Waals surface area contributed by atoms with Crippen LogP contribution in [0.15, 0.2) is 33.7 Å². The fourth-order valence-corrected chi connectivity index (χ4v) is 6.82. The highest BCUT2D eigenvalue weighted by atomic mass is 32.2. The van der Waals surface area contributed by atoms with Crippen molar-refractivity contribution in [1.82, 2.24) is 14.8 Å². The van der Waals surface area contributed by atoms with Gasteiger partial charge in [-0.3, -0.25) is 4.79 Å². The Morgan fingerprint density at radius 1 is 1.11 bits per heavy atom. The van der Waals surface area contributed by atoms with Crippen LogP contribution in [-0.4, -0.2) is 49.5 Å². The van der Waals surface area contributed by atoms with Gasteiger partial charge in [-0.15, -0.1) is 0 Å². The van der Waals surface area contributed by atoms with Gasteiger partial charge < -0.3 is 14.6 Å². The van der Waals surface area contributed by atoms with E-state index >= 15 is 0 Å². The maximum absolute atomic E-state index is 13.6. The van der Waals surface area contributed by atoms with E-state index in [2.05, 4.69) is 10.5 Å². The van der Waals surface area contributed by atoms with E-state index in [1.54, 1.807) is 19.1 Å². The number of rotatable bonds is 8. The molecule has 196 valence electrons. The second-order valence-corrected chi connectivity index (χ2v) is 11.5. The number of amides is 1. The van der Waals surface area contributed by atoms with E-state index in [1.807, 2.05) is 31.2 Å². The van der Waals surface area contributed by atoms with Gasteiger partial charge in [-0.1, -0.05) is 49.0 Å². The van der Waals surface area contributed by atoms with Crippen LogP contribution >= 0.6 is 0 Å². The third-order valence-electron chi connectivity index (χ3n) is 7.09. The molecule has 0 unspecified atom stereocenters. The van der Waals surface area contributed by atoms with E-state index in [0.717, 1.165) is 31.2 Å². The topological polar surface area (TPSA) is 102 Å². The summed E-state index contributed by atoms with van der Waals surface area (Å²) in [6, 6.07) is 7.79. The molecular formula is C27H37N3O5S. The summed E-state index contributed by atoms with van der Waals surface area (Å²) < 4.78 is 39.6. The molecule has 2 aromatic rings. The van der Waals surface area contributed by atoms with Crippen molar-refractivity contribution in [2.45, 2.75) is 76.2 Å². The molecular weight excluding hydrogens is 478 g/mol. The molecule has 0 radical (unpaired) electrons. The number of hydrogen-bond acceptors (Lipinski definition) is 6. The second-order valence-electron chi connectivity index (χ2n) is 9.64. The van der Waals surface area contributed by atoms with Crippen LogP contribution in [0, 0.1) is 12.8 Å². The molecule has 0 spiro atoms. The Morgan fingerprint density at radius 3 is 2.50 bits per heavy atom. The summed E-state index contributed by atoms with van der Waals surface area (Å²) >= 11 is 0. The summed E-state index contributed by atoms with van der Waals surface area (Å²) in [6.45, 7) is 4.67. The first-order valence-electron chi connectivity index (χ1n) is 13.1. The second kappa shape index (κ2) is 12.1. The van der Waals surface area contributed by atoms with Crippen LogP contribution in [0.2, 0.25) is 0 Å². The number of carbonyl (C=O) groups excluding carboxylic acids is 1. The molecule has 2 heterocycles. The van der Waals surface area contributed by atoms with Crippen molar-refractivity contribution in [3.05, 3.63) is 41.3 Å². The lowest BCUT2D eigenvalue weighted by Gasteiger charge is -2.31. The summed E-state index contributed by atoms with van der Waals surface area (Å²) in [5, 5.41) is 7.16. The zero-order valence-corrected chi connectivity index (χ0v) is 22.1. The van der Waals surface area contributed by atoms with Crippen LogP contribution in [-0.2, 0) is 14.8 Å². The lowest BCUT2D eigenvalue weighted by atomic mass is 9.96. The first kappa shape index (κ1) is 26.4. The number of para-hydroxylation sites is 1. The number of hydrogen-bond donors (Lipinski definition) is 1. The molecule has 1 amide bonds. The van der Waals surface area contributed by atoms with Gasteiger partial charge in [0.1, 0.15) is 11.4 Å². The number of carbonyl (C=O) groups is 1. The molecule has 0 atom stereocenters. The number of nitrogens with zero attached hydrogens (tertiary/aromatic N) is 2. The van der Waals surface area contributed by atoms with E-state index < -0.39 is 10.0 Å². The van der Waals surface area contributed by atoms with Gasteiger partial charge in [0.05, 0.1) is 6.61 Å². The summed E-state index contributed by atoms with van der Waals surface area (Å²) in [5.41, 5.74) is 1.14. The third kappa shape index (κ3) is 6.18. The molecule has 1 aliphatic carbocycles. The molecule has 1 aromatic heterocycles. The van der Waals surface area contributed by atoms with E-state index in [4.69, 9.17) is 9.26 Å². The highest BCUT2D eigenvalue weighted by Gasteiger charge is 2.36. The van der Waals surface area contributed by atoms with Crippen LogP contribution in [0.4, 0.5) is 0 Å². The van der Waals surface area contributed by atoms with Gasteiger partial charge in [0.2, 0.25) is 15.9 Å². The Morgan fingerprint density at radius 2 is 1.81 bits per heavy atom. The van der Waals surface area contributed by atoms with Crippen molar-refractivity contribution in [3.8, 4) is 5.75 Å². The van der Waals surface area contributed by atoms with Gasteiger partial charge in [0.25, 0.3) is 0 Å². The summed E-state index contributed by atoms with van der Waals surface area (Å²) in [5.74, 6) is 0.808. The van der Waals surface area contributed by atoms with Crippen molar-refractivity contribution >= 4 is 28.1 Å². The minimum atomic E-state index is -3.82. The monoisotopic (exact) mass is 515 g/mol. The molecule has 8 nitrogen and oxygen atoms in total. The van der Waals surface area contributed by atoms with Gasteiger partial charge in [0, 0.05) is 30.6 Å². The smallest absolute Gasteiger partial charge is 0.248 e. The quantitative estimate of drug-likeness (QED) is 0.507. The Hall–Kier alpha value is -2.65. The van der Waals surface area contributed by atoms with Crippen molar-refractivity contribution in [2.75, 3.05) is 19.7 Å². The lowest BCUT2D eigenvalue weighted by molar-refractivity contribution is -0.126. The third-order valence-corrected chi connectivity index (χ3v) is 9.15. The number of benzene rings is 1. The standard InChI is InChI=1S/C27H37N3O5S/c1-3-34-24-13-9-8-10-21(24)14-15-25-26(20(2)29-35-25)36(32,33)30-18-16-22(17-19-30)27(31)28-23-11-6-4-5-7-12-23/h8-10,13-15,22-23H,3-7,11-12,16-19H2,1-2H3,(H,28,31)/b15-14+. The normalized spacial score (nSPS) is 18.8. The number of aromatic nitrogens is 1. The van der Waals surface area contributed by atoms with E-state index in [0.29, 0.717) is 44.0 Å². The molecule has 1 N–H and O–H groups in total. The summed E-state index contributed by atoms with van der Waals surface area (Å²) in [4.78, 5) is 12.9. The van der Waals surface area contributed by atoms with Gasteiger partial charge >= 0.3 is 0 Å². The zero-order chi connectivity index (χ0) is 25.5. The molecule has 1 aromatic carbocycles. The fraction of sp³-hybridized carbons (Fsp3) is 0.556. The predicted molar refractivity (Wildman–Crippen MR) is 139 cm³/mol. The maximum atomic E-state index is 13.6. The Bertz CT molecular complexity index is 1160. The number of piperidine rings is 1. The minimum absolute atomic E-state index is 0.0664. The van der Waals surface area contributed by atoms with Gasteiger partial charge in [-0.25, -0.2) is 8.42 Å². The first-order chi connectivity index (χ1) is 17.4. The van der Waals surface area contributed by atoms with Crippen LogP contribution in [0.3, 0.4) is 0 Å². The van der Waals surface area contributed by atoms with E-state index in [9.17, 15) is 13.2 Å². The van der Waals surface area contributed by atoms with Crippen molar-refractivity contribution in [1.29, 1.82) is 0 Å². The van der Waals surface area contributed by atoms with E-state index in [1.165, 1.54) is 17.1 Å².